The van der Waals surface area contributed by atoms with E-state index in [4.69, 9.17) is 0 Å². The van der Waals surface area contributed by atoms with Gasteiger partial charge in [-0.25, -0.2) is 0 Å². The molecule has 2 aromatic carbocycles. The Balaban J connectivity index is 1.67. The van der Waals surface area contributed by atoms with E-state index >= 15 is 0 Å². The van der Waals surface area contributed by atoms with Crippen molar-refractivity contribution in [3.63, 3.8) is 0 Å². The van der Waals surface area contributed by atoms with Crippen LogP contribution in [0, 0.1) is 12.8 Å². The Morgan fingerprint density at radius 3 is 2.79 bits per heavy atom. The molecule has 0 fully saturated rings. The van der Waals surface area contributed by atoms with Crippen molar-refractivity contribution in [2.24, 2.45) is 5.92 Å². The molecule has 0 aliphatic carbocycles. The quantitative estimate of drug-likeness (QED) is 0.753. The van der Waals surface area contributed by atoms with Gasteiger partial charge in [0.05, 0.1) is 5.69 Å². The number of carbonyl (C=O) groups is 2. The first-order chi connectivity index (χ1) is 11.6. The highest BCUT2D eigenvalue weighted by atomic mass is 16.2. The SMILES string of the molecule is Cc1cccc2c1C(=O)C[C@@H](Cc1c[nH]c3ccccc13)C(=O)N2. The third-order valence-electron chi connectivity index (χ3n) is 4.75. The van der Waals surface area contributed by atoms with Gasteiger partial charge in [0, 0.05) is 35.0 Å². The van der Waals surface area contributed by atoms with Gasteiger partial charge in [-0.3, -0.25) is 9.59 Å². The number of para-hydroxylation sites is 1. The Bertz CT molecular complexity index is 955. The molecule has 120 valence electrons. The van der Waals surface area contributed by atoms with Crippen LogP contribution < -0.4 is 5.32 Å². The fraction of sp³-hybridized carbons (Fsp3) is 0.200. The van der Waals surface area contributed by atoms with Crippen LogP contribution in [-0.2, 0) is 11.2 Å². The minimum atomic E-state index is -0.358. The van der Waals surface area contributed by atoms with E-state index in [-0.39, 0.29) is 24.0 Å². The summed E-state index contributed by atoms with van der Waals surface area (Å²) in [4.78, 5) is 28.5. The summed E-state index contributed by atoms with van der Waals surface area (Å²) in [6.45, 7) is 1.91. The first kappa shape index (κ1) is 14.7. The average Bonchev–Trinajstić information content (AvgIpc) is 2.92. The first-order valence-corrected chi connectivity index (χ1v) is 8.12. The summed E-state index contributed by atoms with van der Waals surface area (Å²) >= 11 is 0. The third-order valence-corrected chi connectivity index (χ3v) is 4.75. The molecular weight excluding hydrogens is 300 g/mol. The van der Waals surface area contributed by atoms with E-state index in [2.05, 4.69) is 10.3 Å². The molecule has 3 aromatic rings. The van der Waals surface area contributed by atoms with E-state index in [1.54, 1.807) is 6.07 Å². The van der Waals surface area contributed by atoms with Gasteiger partial charge in [0.25, 0.3) is 0 Å². The molecule has 0 saturated carbocycles. The standard InChI is InChI=1S/C20H18N2O2/c1-12-5-4-8-17-19(12)18(23)10-13(20(24)22-17)9-14-11-21-16-7-3-2-6-15(14)16/h2-8,11,13,21H,9-10H2,1H3,(H,22,24)/t13-/m1/s1. The van der Waals surface area contributed by atoms with E-state index in [0.717, 1.165) is 22.0 Å². The lowest BCUT2D eigenvalue weighted by molar-refractivity contribution is -0.119. The van der Waals surface area contributed by atoms with Crippen molar-refractivity contribution in [1.82, 2.24) is 4.98 Å². The maximum absolute atomic E-state index is 12.7. The molecule has 1 atom stereocenters. The number of H-pyrrole nitrogens is 1. The van der Waals surface area contributed by atoms with Gasteiger partial charge in [-0.2, -0.15) is 0 Å². The molecule has 0 radical (unpaired) electrons. The average molecular weight is 318 g/mol. The number of hydrogen-bond acceptors (Lipinski definition) is 2. The minimum Gasteiger partial charge on any atom is -0.361 e. The van der Waals surface area contributed by atoms with Crippen LogP contribution in [0.15, 0.2) is 48.7 Å². The maximum Gasteiger partial charge on any atom is 0.228 e. The number of carbonyl (C=O) groups excluding carboxylic acids is 2. The monoisotopic (exact) mass is 318 g/mol. The summed E-state index contributed by atoms with van der Waals surface area (Å²) in [5, 5.41) is 4.04. The molecule has 4 nitrogen and oxygen atoms in total. The molecule has 2 N–H and O–H groups in total. The number of ketones is 1. The third kappa shape index (κ3) is 2.40. The van der Waals surface area contributed by atoms with Gasteiger partial charge in [-0.05, 0) is 36.6 Å². The normalized spacial score (nSPS) is 17.5. The van der Waals surface area contributed by atoms with E-state index in [0.29, 0.717) is 17.7 Å². The number of aryl methyl sites for hydroxylation is 1. The second-order valence-corrected chi connectivity index (χ2v) is 6.37. The molecule has 1 aromatic heterocycles. The number of aromatic amines is 1. The summed E-state index contributed by atoms with van der Waals surface area (Å²) in [7, 11) is 0. The lowest BCUT2D eigenvalue weighted by Crippen LogP contribution is -2.23. The summed E-state index contributed by atoms with van der Waals surface area (Å²) < 4.78 is 0. The molecule has 0 spiro atoms. The molecule has 4 rings (SSSR count). The van der Waals surface area contributed by atoms with E-state index in [9.17, 15) is 9.59 Å². The van der Waals surface area contributed by atoms with E-state index in [1.165, 1.54) is 0 Å². The van der Waals surface area contributed by atoms with Crippen molar-refractivity contribution >= 4 is 28.3 Å². The van der Waals surface area contributed by atoms with Gasteiger partial charge >= 0.3 is 0 Å². The topological polar surface area (TPSA) is 62.0 Å². The summed E-state index contributed by atoms with van der Waals surface area (Å²) in [6.07, 6.45) is 2.73. The molecule has 1 amide bonds. The Kier molecular flexibility index (Phi) is 3.45. The van der Waals surface area contributed by atoms with Gasteiger partial charge in [-0.15, -0.1) is 0 Å². The van der Waals surface area contributed by atoms with Crippen LogP contribution in [0.5, 0.6) is 0 Å². The molecule has 0 saturated heterocycles. The molecule has 0 bridgehead atoms. The molecule has 1 aliphatic heterocycles. The number of aromatic nitrogens is 1. The maximum atomic E-state index is 12.7. The van der Waals surface area contributed by atoms with E-state index in [1.807, 2.05) is 49.5 Å². The number of amides is 1. The predicted octanol–water partition coefficient (Wildman–Crippen LogP) is 3.86. The van der Waals surface area contributed by atoms with Crippen LogP contribution in [0.4, 0.5) is 5.69 Å². The van der Waals surface area contributed by atoms with Crippen LogP contribution in [0.1, 0.15) is 27.9 Å². The summed E-state index contributed by atoms with van der Waals surface area (Å²) in [5.74, 6) is -0.409. The molecule has 1 aliphatic rings. The molecule has 0 unspecified atom stereocenters. The molecule has 4 heteroatoms. The molecule has 2 heterocycles. The number of rotatable bonds is 2. The van der Waals surface area contributed by atoms with E-state index < -0.39 is 0 Å². The highest BCUT2D eigenvalue weighted by molar-refractivity contribution is 6.10. The first-order valence-electron chi connectivity index (χ1n) is 8.12. The van der Waals surface area contributed by atoms with Gasteiger partial charge in [0.1, 0.15) is 0 Å². The smallest absolute Gasteiger partial charge is 0.228 e. The molecule has 24 heavy (non-hydrogen) atoms. The second-order valence-electron chi connectivity index (χ2n) is 6.37. The number of nitrogens with one attached hydrogen (secondary N) is 2. The number of anilines is 1. The van der Waals surface area contributed by atoms with Crippen LogP contribution in [0.3, 0.4) is 0 Å². The van der Waals surface area contributed by atoms with Crippen LogP contribution in [0.2, 0.25) is 0 Å². The minimum absolute atomic E-state index is 0.0336. The number of Topliss-reactive ketones (excluding diaryl/α,β-unsaturated/α-hetero) is 1. The lowest BCUT2D eigenvalue weighted by Gasteiger charge is -2.12. The zero-order chi connectivity index (χ0) is 16.7. The zero-order valence-electron chi connectivity index (χ0n) is 13.4. The fourth-order valence-corrected chi connectivity index (χ4v) is 3.53. The van der Waals surface area contributed by atoms with Gasteiger partial charge < -0.3 is 10.3 Å². The number of fused-ring (bicyclic) bond motifs is 2. The number of hydrogen-bond donors (Lipinski definition) is 2. The van der Waals surface area contributed by atoms with Crippen molar-refractivity contribution < 1.29 is 9.59 Å². The second kappa shape index (κ2) is 5.64. The summed E-state index contributed by atoms with van der Waals surface area (Å²) in [6, 6.07) is 13.6. The van der Waals surface area contributed by atoms with Gasteiger partial charge in [0.15, 0.2) is 5.78 Å². The van der Waals surface area contributed by atoms with Crippen molar-refractivity contribution in [2.45, 2.75) is 19.8 Å². The Labute approximate surface area is 139 Å². The Morgan fingerprint density at radius 2 is 1.92 bits per heavy atom. The predicted molar refractivity (Wildman–Crippen MR) is 94.2 cm³/mol. The van der Waals surface area contributed by atoms with Gasteiger partial charge in [0.2, 0.25) is 5.91 Å². The van der Waals surface area contributed by atoms with Gasteiger partial charge in [-0.1, -0.05) is 30.3 Å². The van der Waals surface area contributed by atoms with Crippen LogP contribution in [0.25, 0.3) is 10.9 Å². The Hall–Kier alpha value is -2.88. The van der Waals surface area contributed by atoms with Crippen molar-refractivity contribution in [1.29, 1.82) is 0 Å². The highest BCUT2D eigenvalue weighted by Crippen LogP contribution is 2.30. The molecular formula is C20H18N2O2. The van der Waals surface area contributed by atoms with Crippen molar-refractivity contribution in [3.05, 3.63) is 65.4 Å². The van der Waals surface area contributed by atoms with Crippen molar-refractivity contribution in [3.8, 4) is 0 Å². The highest BCUT2D eigenvalue weighted by Gasteiger charge is 2.30. The van der Waals surface area contributed by atoms with Crippen LogP contribution in [-0.4, -0.2) is 16.7 Å². The largest absolute Gasteiger partial charge is 0.361 e. The Morgan fingerprint density at radius 1 is 1.08 bits per heavy atom. The summed E-state index contributed by atoms with van der Waals surface area (Å²) in [5.41, 5.74) is 4.30. The zero-order valence-corrected chi connectivity index (χ0v) is 13.4. The van der Waals surface area contributed by atoms with Crippen LogP contribution >= 0.6 is 0 Å². The number of benzene rings is 2. The van der Waals surface area contributed by atoms with Crippen molar-refractivity contribution in [2.75, 3.05) is 5.32 Å². The lowest BCUT2D eigenvalue weighted by atomic mass is 9.91. The fourth-order valence-electron chi connectivity index (χ4n) is 3.53.